The Hall–Kier alpha value is -3.35. The highest BCUT2D eigenvalue weighted by Crippen LogP contribution is 2.23. The van der Waals surface area contributed by atoms with E-state index < -0.39 is 11.1 Å². The molecule has 0 saturated heterocycles. The number of H-pyrrole nitrogens is 2. The van der Waals surface area contributed by atoms with Gasteiger partial charge in [-0.1, -0.05) is 17.7 Å². The van der Waals surface area contributed by atoms with Crippen molar-refractivity contribution in [2.45, 2.75) is 34.2 Å². The molecule has 0 aliphatic rings. The molecule has 146 valence electrons. The molecule has 0 atom stereocenters. The fourth-order valence-corrected chi connectivity index (χ4v) is 3.25. The maximum absolute atomic E-state index is 12.7. The molecular formula is C21H24N4O3. The number of rotatable bonds is 3. The van der Waals surface area contributed by atoms with Crippen LogP contribution in [0.2, 0.25) is 0 Å². The standard InChI is InChI=1S/C21H24N4O3/c1-11-6-7-16(13(3)8-11)23-21(28)25(5)10-15-14(4)12(2)9-17-18(15)24-20(27)19(26)22-17/h6-9H,10H2,1-5H3,(H,22,26)(H,23,28)(H,24,27). The molecule has 3 N–H and O–H groups in total. The number of aromatic amines is 2. The largest absolute Gasteiger partial charge is 0.323 e. The van der Waals surface area contributed by atoms with Crippen LogP contribution < -0.4 is 16.4 Å². The van der Waals surface area contributed by atoms with Crippen molar-refractivity contribution in [1.29, 1.82) is 0 Å². The quantitative estimate of drug-likeness (QED) is 0.609. The van der Waals surface area contributed by atoms with Gasteiger partial charge in [0.25, 0.3) is 0 Å². The number of hydrogen-bond acceptors (Lipinski definition) is 3. The zero-order chi connectivity index (χ0) is 20.6. The minimum Gasteiger partial charge on any atom is -0.323 e. The molecule has 7 heteroatoms. The second-order valence-electron chi connectivity index (χ2n) is 7.23. The molecule has 3 rings (SSSR count). The van der Waals surface area contributed by atoms with E-state index >= 15 is 0 Å². The van der Waals surface area contributed by atoms with E-state index in [9.17, 15) is 14.4 Å². The molecular weight excluding hydrogens is 356 g/mol. The highest BCUT2D eigenvalue weighted by Gasteiger charge is 2.16. The van der Waals surface area contributed by atoms with E-state index in [-0.39, 0.29) is 12.6 Å². The van der Waals surface area contributed by atoms with Crippen molar-refractivity contribution in [2.75, 3.05) is 12.4 Å². The normalized spacial score (nSPS) is 10.9. The zero-order valence-corrected chi connectivity index (χ0v) is 16.7. The van der Waals surface area contributed by atoms with Gasteiger partial charge in [0.05, 0.1) is 11.0 Å². The molecule has 1 aromatic heterocycles. The van der Waals surface area contributed by atoms with Crippen LogP contribution in [-0.4, -0.2) is 27.9 Å². The maximum atomic E-state index is 12.7. The number of amides is 2. The maximum Gasteiger partial charge on any atom is 0.321 e. The summed E-state index contributed by atoms with van der Waals surface area (Å²) in [6.45, 7) is 8.09. The van der Waals surface area contributed by atoms with E-state index in [1.54, 1.807) is 11.9 Å². The van der Waals surface area contributed by atoms with Gasteiger partial charge in [0, 0.05) is 24.8 Å². The lowest BCUT2D eigenvalue weighted by Crippen LogP contribution is -2.33. The van der Waals surface area contributed by atoms with Gasteiger partial charge in [0.1, 0.15) is 0 Å². The van der Waals surface area contributed by atoms with Crippen molar-refractivity contribution >= 4 is 22.8 Å². The van der Waals surface area contributed by atoms with Crippen LogP contribution in [0.25, 0.3) is 11.0 Å². The lowest BCUT2D eigenvalue weighted by Gasteiger charge is -2.21. The Balaban J connectivity index is 1.94. The number of anilines is 1. The second kappa shape index (κ2) is 7.34. The molecule has 2 amide bonds. The van der Waals surface area contributed by atoms with Gasteiger partial charge in [-0.05, 0) is 56.5 Å². The van der Waals surface area contributed by atoms with Gasteiger partial charge >= 0.3 is 17.1 Å². The number of hydrogen-bond donors (Lipinski definition) is 3. The van der Waals surface area contributed by atoms with Crippen LogP contribution in [-0.2, 0) is 6.54 Å². The molecule has 0 aliphatic heterocycles. The minimum absolute atomic E-state index is 0.257. The third-order valence-electron chi connectivity index (χ3n) is 5.03. The van der Waals surface area contributed by atoms with Gasteiger partial charge in [-0.3, -0.25) is 9.59 Å². The van der Waals surface area contributed by atoms with Gasteiger partial charge in [0.2, 0.25) is 0 Å². The summed E-state index contributed by atoms with van der Waals surface area (Å²) in [6, 6.07) is 7.40. The Morgan fingerprint density at radius 2 is 1.68 bits per heavy atom. The first-order valence-electron chi connectivity index (χ1n) is 9.02. The van der Waals surface area contributed by atoms with Crippen molar-refractivity contribution in [2.24, 2.45) is 0 Å². The molecule has 28 heavy (non-hydrogen) atoms. The fourth-order valence-electron chi connectivity index (χ4n) is 3.25. The number of carbonyl (C=O) groups is 1. The van der Waals surface area contributed by atoms with E-state index in [4.69, 9.17) is 0 Å². The molecule has 0 aliphatic carbocycles. The molecule has 0 saturated carbocycles. The van der Waals surface area contributed by atoms with Gasteiger partial charge in [-0.15, -0.1) is 0 Å². The van der Waals surface area contributed by atoms with Crippen molar-refractivity contribution in [1.82, 2.24) is 14.9 Å². The number of carbonyl (C=O) groups excluding carboxylic acids is 1. The highest BCUT2D eigenvalue weighted by molar-refractivity contribution is 5.90. The van der Waals surface area contributed by atoms with Crippen molar-refractivity contribution in [3.63, 3.8) is 0 Å². The van der Waals surface area contributed by atoms with Crippen LogP contribution >= 0.6 is 0 Å². The van der Waals surface area contributed by atoms with E-state index in [2.05, 4.69) is 15.3 Å². The molecule has 0 fully saturated rings. The Kier molecular flexibility index (Phi) is 5.09. The zero-order valence-electron chi connectivity index (χ0n) is 16.7. The first-order valence-corrected chi connectivity index (χ1v) is 9.02. The Morgan fingerprint density at radius 3 is 2.36 bits per heavy atom. The summed E-state index contributed by atoms with van der Waals surface area (Å²) in [7, 11) is 1.69. The van der Waals surface area contributed by atoms with Crippen molar-refractivity contribution in [3.8, 4) is 0 Å². The summed E-state index contributed by atoms with van der Waals surface area (Å²) in [6.07, 6.45) is 0. The molecule has 0 spiro atoms. The van der Waals surface area contributed by atoms with Crippen LogP contribution in [0.5, 0.6) is 0 Å². The van der Waals surface area contributed by atoms with Gasteiger partial charge in [-0.25, -0.2) is 4.79 Å². The summed E-state index contributed by atoms with van der Waals surface area (Å²) in [5.74, 6) is 0. The van der Waals surface area contributed by atoms with Gasteiger partial charge < -0.3 is 20.2 Å². The number of benzene rings is 2. The summed E-state index contributed by atoms with van der Waals surface area (Å²) in [5, 5.41) is 2.92. The monoisotopic (exact) mass is 380 g/mol. The van der Waals surface area contributed by atoms with Crippen LogP contribution in [0.4, 0.5) is 10.5 Å². The predicted molar refractivity (Wildman–Crippen MR) is 111 cm³/mol. The first kappa shape index (κ1) is 19.4. The first-order chi connectivity index (χ1) is 13.2. The van der Waals surface area contributed by atoms with Crippen molar-refractivity contribution < 1.29 is 4.79 Å². The smallest absolute Gasteiger partial charge is 0.321 e. The highest BCUT2D eigenvalue weighted by atomic mass is 16.2. The molecule has 7 nitrogen and oxygen atoms in total. The Bertz CT molecular complexity index is 1190. The summed E-state index contributed by atoms with van der Waals surface area (Å²) in [5.41, 5.74) is 5.28. The lowest BCUT2D eigenvalue weighted by atomic mass is 10.0. The number of nitrogens with one attached hydrogen (secondary N) is 3. The molecule has 0 bridgehead atoms. The Labute approximate surface area is 162 Å². The number of urea groups is 1. The van der Waals surface area contributed by atoms with Gasteiger partial charge in [0.15, 0.2) is 0 Å². The molecule has 1 heterocycles. The van der Waals surface area contributed by atoms with E-state index in [1.807, 2.05) is 52.0 Å². The van der Waals surface area contributed by atoms with Gasteiger partial charge in [-0.2, -0.15) is 0 Å². The van der Waals surface area contributed by atoms with E-state index in [1.165, 1.54) is 0 Å². The SMILES string of the molecule is Cc1ccc(NC(=O)N(C)Cc2c(C)c(C)cc3[nH]c(=O)c(=O)[nH]c23)c(C)c1. The predicted octanol–water partition coefficient (Wildman–Crippen LogP) is 3.11. The third-order valence-corrected chi connectivity index (χ3v) is 5.03. The van der Waals surface area contributed by atoms with Crippen LogP contribution in [0.15, 0.2) is 33.9 Å². The van der Waals surface area contributed by atoms with Crippen LogP contribution in [0, 0.1) is 27.7 Å². The summed E-state index contributed by atoms with van der Waals surface area (Å²) < 4.78 is 0. The molecule has 2 aromatic carbocycles. The van der Waals surface area contributed by atoms with Crippen LogP contribution in [0.3, 0.4) is 0 Å². The topological polar surface area (TPSA) is 98.1 Å². The molecule has 0 radical (unpaired) electrons. The summed E-state index contributed by atoms with van der Waals surface area (Å²) >= 11 is 0. The number of nitrogens with zero attached hydrogens (tertiary/aromatic N) is 1. The second-order valence-corrected chi connectivity index (χ2v) is 7.23. The molecule has 3 aromatic rings. The van der Waals surface area contributed by atoms with Crippen molar-refractivity contribution in [3.05, 3.63) is 72.8 Å². The molecule has 0 unspecified atom stereocenters. The number of aromatic nitrogens is 2. The average Bonchev–Trinajstić information content (AvgIpc) is 2.63. The van der Waals surface area contributed by atoms with Crippen LogP contribution in [0.1, 0.15) is 27.8 Å². The fraction of sp³-hybridized carbons (Fsp3) is 0.286. The van der Waals surface area contributed by atoms with E-state index in [0.717, 1.165) is 33.5 Å². The van der Waals surface area contributed by atoms with E-state index in [0.29, 0.717) is 11.0 Å². The minimum atomic E-state index is -0.709. The number of fused-ring (bicyclic) bond motifs is 1. The number of aryl methyl sites for hydroxylation is 3. The lowest BCUT2D eigenvalue weighted by molar-refractivity contribution is 0.220. The summed E-state index contributed by atoms with van der Waals surface area (Å²) in [4.78, 5) is 43.0. The Morgan fingerprint density at radius 1 is 1.00 bits per heavy atom. The average molecular weight is 380 g/mol. The third kappa shape index (κ3) is 3.69.